The number of hydrogen-bond donors (Lipinski definition) is 0. The summed E-state index contributed by atoms with van der Waals surface area (Å²) in [4.78, 5) is 11.0. The van der Waals surface area contributed by atoms with Gasteiger partial charge in [-0.15, -0.1) is 0 Å². The van der Waals surface area contributed by atoms with Gasteiger partial charge in [0.15, 0.2) is 0 Å². The summed E-state index contributed by atoms with van der Waals surface area (Å²) in [5.74, 6) is -0.451. The van der Waals surface area contributed by atoms with Crippen molar-refractivity contribution in [3.63, 3.8) is 0 Å². The second kappa shape index (κ2) is 6.90. The Morgan fingerprint density at radius 1 is 1.11 bits per heavy atom. The monoisotopic (exact) mass is 258 g/mol. The minimum atomic E-state index is -0.451. The van der Waals surface area contributed by atoms with Gasteiger partial charge < -0.3 is 14.2 Å². The molecular weight excluding hydrogens is 232 g/mol. The largest absolute Gasteiger partial charge is 0.460 e. The highest BCUT2D eigenvalue weighted by Gasteiger charge is 2.22. The van der Waals surface area contributed by atoms with Gasteiger partial charge in [0.1, 0.15) is 12.7 Å². The Kier molecular flexibility index (Phi) is 6.57. The van der Waals surface area contributed by atoms with Gasteiger partial charge in [0.05, 0.1) is 17.8 Å². The number of hydrogen-bond acceptors (Lipinski definition) is 4. The highest BCUT2D eigenvalue weighted by Crippen LogP contribution is 2.14. The third-order valence-electron chi connectivity index (χ3n) is 1.80. The van der Waals surface area contributed by atoms with Crippen LogP contribution in [0.1, 0.15) is 41.5 Å². The Morgan fingerprint density at radius 2 is 1.67 bits per heavy atom. The van der Waals surface area contributed by atoms with Crippen molar-refractivity contribution in [2.75, 3.05) is 13.2 Å². The first kappa shape index (κ1) is 17.1. The molecule has 106 valence electrons. The van der Waals surface area contributed by atoms with Crippen LogP contribution >= 0.6 is 0 Å². The zero-order chi connectivity index (χ0) is 14.4. The highest BCUT2D eigenvalue weighted by atomic mass is 16.6. The fourth-order valence-electron chi connectivity index (χ4n) is 1.19. The van der Waals surface area contributed by atoms with Gasteiger partial charge in [0.25, 0.3) is 0 Å². The summed E-state index contributed by atoms with van der Waals surface area (Å²) in [5, 5.41) is 0. The fourth-order valence-corrected chi connectivity index (χ4v) is 1.19. The number of rotatable bonds is 6. The van der Waals surface area contributed by atoms with Gasteiger partial charge in [-0.25, -0.2) is 4.79 Å². The molecule has 0 amide bonds. The molecule has 0 saturated carbocycles. The van der Waals surface area contributed by atoms with Crippen LogP contribution in [0.15, 0.2) is 12.7 Å². The third-order valence-corrected chi connectivity index (χ3v) is 1.80. The van der Waals surface area contributed by atoms with Crippen molar-refractivity contribution in [2.45, 2.75) is 58.8 Å². The minimum absolute atomic E-state index is 0.165. The lowest BCUT2D eigenvalue weighted by molar-refractivity contribution is -0.158. The molecule has 0 fully saturated rings. The van der Waals surface area contributed by atoms with Crippen molar-refractivity contribution in [1.82, 2.24) is 0 Å². The van der Waals surface area contributed by atoms with Crippen molar-refractivity contribution in [3.05, 3.63) is 12.7 Å². The molecule has 0 aliphatic rings. The summed E-state index contributed by atoms with van der Waals surface area (Å²) in [6.07, 6.45) is 0.854. The van der Waals surface area contributed by atoms with Crippen molar-refractivity contribution in [1.29, 1.82) is 0 Å². The Bertz CT molecular complexity index is 270. The van der Waals surface area contributed by atoms with E-state index in [2.05, 4.69) is 6.58 Å². The van der Waals surface area contributed by atoms with Gasteiger partial charge in [-0.1, -0.05) is 6.58 Å². The zero-order valence-electron chi connectivity index (χ0n) is 12.4. The van der Waals surface area contributed by atoms with Crippen LogP contribution in [0.3, 0.4) is 0 Å². The molecule has 0 aromatic heterocycles. The molecule has 0 N–H and O–H groups in total. The van der Waals surface area contributed by atoms with E-state index in [1.807, 2.05) is 41.5 Å². The Labute approximate surface area is 110 Å². The molecule has 0 aromatic rings. The first-order chi connectivity index (χ1) is 8.03. The van der Waals surface area contributed by atoms with Gasteiger partial charge in [0, 0.05) is 6.08 Å². The van der Waals surface area contributed by atoms with Crippen LogP contribution in [-0.2, 0) is 19.0 Å². The molecule has 4 nitrogen and oxygen atoms in total. The molecule has 0 spiro atoms. The van der Waals surface area contributed by atoms with Crippen LogP contribution < -0.4 is 0 Å². The van der Waals surface area contributed by atoms with Crippen LogP contribution in [0.2, 0.25) is 0 Å². The van der Waals surface area contributed by atoms with Crippen molar-refractivity contribution in [3.8, 4) is 0 Å². The van der Waals surface area contributed by atoms with Crippen LogP contribution in [0.25, 0.3) is 0 Å². The van der Waals surface area contributed by atoms with E-state index in [9.17, 15) is 4.79 Å². The maximum Gasteiger partial charge on any atom is 0.330 e. The normalized spacial score (nSPS) is 14.1. The maximum absolute atomic E-state index is 11.0. The molecule has 0 bridgehead atoms. The zero-order valence-corrected chi connectivity index (χ0v) is 12.4. The van der Waals surface area contributed by atoms with Crippen LogP contribution in [0.4, 0.5) is 0 Å². The second-order valence-corrected chi connectivity index (χ2v) is 6.11. The quantitative estimate of drug-likeness (QED) is 0.543. The summed E-state index contributed by atoms with van der Waals surface area (Å²) < 4.78 is 16.5. The van der Waals surface area contributed by atoms with E-state index in [-0.39, 0.29) is 23.9 Å². The summed E-state index contributed by atoms with van der Waals surface area (Å²) in [6, 6.07) is 0. The van der Waals surface area contributed by atoms with E-state index in [0.29, 0.717) is 6.61 Å². The van der Waals surface area contributed by atoms with Crippen molar-refractivity contribution in [2.24, 2.45) is 0 Å². The SMILES string of the molecule is C=CC(=O)OCC(COC(C)(C)C)OC(C)(C)C. The lowest BCUT2D eigenvalue weighted by Gasteiger charge is -2.29. The highest BCUT2D eigenvalue weighted by molar-refractivity contribution is 5.81. The van der Waals surface area contributed by atoms with Crippen molar-refractivity contribution >= 4 is 5.97 Å². The number of esters is 1. The number of carbonyl (C=O) groups is 1. The Balaban J connectivity index is 4.33. The Morgan fingerprint density at radius 3 is 2.06 bits per heavy atom. The van der Waals surface area contributed by atoms with Crippen molar-refractivity contribution < 1.29 is 19.0 Å². The van der Waals surface area contributed by atoms with Gasteiger partial charge >= 0.3 is 5.97 Å². The van der Waals surface area contributed by atoms with E-state index >= 15 is 0 Å². The fraction of sp³-hybridized carbons (Fsp3) is 0.786. The molecule has 0 saturated heterocycles. The third kappa shape index (κ3) is 10.3. The van der Waals surface area contributed by atoms with Gasteiger partial charge in [-0.3, -0.25) is 0 Å². The smallest absolute Gasteiger partial charge is 0.330 e. The molecule has 0 aliphatic heterocycles. The first-order valence-electron chi connectivity index (χ1n) is 6.14. The second-order valence-electron chi connectivity index (χ2n) is 6.11. The first-order valence-corrected chi connectivity index (χ1v) is 6.14. The van der Waals surface area contributed by atoms with Gasteiger partial charge in [-0.2, -0.15) is 0 Å². The summed E-state index contributed by atoms with van der Waals surface area (Å²) in [6.45, 7) is 15.7. The predicted octanol–water partition coefficient (Wildman–Crippen LogP) is 2.71. The molecule has 4 heteroatoms. The summed E-state index contributed by atoms with van der Waals surface area (Å²) in [7, 11) is 0. The van der Waals surface area contributed by atoms with E-state index < -0.39 is 5.97 Å². The lowest BCUT2D eigenvalue weighted by Crippen LogP contribution is -2.37. The predicted molar refractivity (Wildman–Crippen MR) is 71.5 cm³/mol. The average molecular weight is 258 g/mol. The standard InChI is InChI=1S/C14H26O4/c1-8-12(15)16-9-11(18-14(5,6)7)10-17-13(2,3)4/h8,11H,1,9-10H2,2-7H3. The molecule has 0 aromatic carbocycles. The van der Waals surface area contributed by atoms with Crippen LogP contribution in [0, 0.1) is 0 Å². The topological polar surface area (TPSA) is 44.8 Å². The van der Waals surface area contributed by atoms with E-state index in [4.69, 9.17) is 14.2 Å². The maximum atomic E-state index is 11.0. The molecule has 1 atom stereocenters. The Hall–Kier alpha value is -0.870. The molecule has 0 rings (SSSR count). The molecular formula is C14H26O4. The van der Waals surface area contributed by atoms with Crippen LogP contribution in [0.5, 0.6) is 0 Å². The molecule has 0 aliphatic carbocycles. The molecule has 1 unspecified atom stereocenters. The average Bonchev–Trinajstić information content (AvgIpc) is 2.18. The van der Waals surface area contributed by atoms with E-state index in [1.54, 1.807) is 0 Å². The lowest BCUT2D eigenvalue weighted by atomic mass is 10.1. The summed E-state index contributed by atoms with van der Waals surface area (Å²) in [5.41, 5.74) is -0.561. The molecule has 0 radical (unpaired) electrons. The van der Waals surface area contributed by atoms with E-state index in [1.165, 1.54) is 0 Å². The van der Waals surface area contributed by atoms with Gasteiger partial charge in [-0.05, 0) is 41.5 Å². The minimum Gasteiger partial charge on any atom is -0.460 e. The number of ether oxygens (including phenoxy) is 3. The van der Waals surface area contributed by atoms with Gasteiger partial charge in [0.2, 0.25) is 0 Å². The number of carbonyl (C=O) groups excluding carboxylic acids is 1. The molecule has 0 heterocycles. The molecule has 18 heavy (non-hydrogen) atoms. The van der Waals surface area contributed by atoms with E-state index in [0.717, 1.165) is 6.08 Å². The summed E-state index contributed by atoms with van der Waals surface area (Å²) >= 11 is 0. The van der Waals surface area contributed by atoms with Crippen LogP contribution in [-0.4, -0.2) is 36.5 Å².